The number of benzene rings is 2. The van der Waals surface area contributed by atoms with Gasteiger partial charge in [-0.05, 0) is 23.8 Å². The summed E-state index contributed by atoms with van der Waals surface area (Å²) in [4.78, 5) is 0. The summed E-state index contributed by atoms with van der Waals surface area (Å²) in [7, 11) is 0. The molecule has 2 aliphatic rings. The van der Waals surface area contributed by atoms with Crippen LogP contribution in [-0.4, -0.2) is 19.8 Å². The molecule has 0 spiro atoms. The zero-order valence-corrected chi connectivity index (χ0v) is 12.4. The quantitative estimate of drug-likeness (QED) is 0.878. The van der Waals surface area contributed by atoms with E-state index in [1.54, 1.807) is 0 Å². The Morgan fingerprint density at radius 2 is 1.73 bits per heavy atom. The van der Waals surface area contributed by atoms with Gasteiger partial charge in [-0.1, -0.05) is 24.3 Å². The molecule has 1 atom stereocenters. The lowest BCUT2D eigenvalue weighted by Crippen LogP contribution is -2.23. The van der Waals surface area contributed by atoms with Crippen molar-refractivity contribution in [3.05, 3.63) is 53.6 Å². The lowest BCUT2D eigenvalue weighted by molar-refractivity contribution is 0.279. The SMILES string of the molecule is c1ccc2c(c1)CNC(c1ccc3c(c1)OCCCO3)CO2. The molecule has 4 heteroatoms. The molecule has 2 aliphatic heterocycles. The molecular formula is C18H19NO3. The molecule has 0 amide bonds. The second-order valence-electron chi connectivity index (χ2n) is 5.61. The number of nitrogens with one attached hydrogen (secondary N) is 1. The van der Waals surface area contributed by atoms with Crippen LogP contribution in [0.5, 0.6) is 17.2 Å². The third kappa shape index (κ3) is 2.62. The van der Waals surface area contributed by atoms with E-state index in [9.17, 15) is 0 Å². The van der Waals surface area contributed by atoms with Gasteiger partial charge in [0.25, 0.3) is 0 Å². The van der Waals surface area contributed by atoms with Crippen LogP contribution in [0.15, 0.2) is 42.5 Å². The first-order valence-corrected chi connectivity index (χ1v) is 7.74. The maximum absolute atomic E-state index is 5.95. The van der Waals surface area contributed by atoms with Crippen LogP contribution in [0.2, 0.25) is 0 Å². The maximum atomic E-state index is 5.95. The van der Waals surface area contributed by atoms with Gasteiger partial charge in [0.1, 0.15) is 12.4 Å². The highest BCUT2D eigenvalue weighted by molar-refractivity contribution is 5.44. The Morgan fingerprint density at radius 1 is 0.864 bits per heavy atom. The summed E-state index contributed by atoms with van der Waals surface area (Å²) in [5, 5.41) is 3.56. The number of hydrogen-bond acceptors (Lipinski definition) is 4. The smallest absolute Gasteiger partial charge is 0.161 e. The Bertz CT molecular complexity index is 644. The van der Waals surface area contributed by atoms with Crippen LogP contribution < -0.4 is 19.5 Å². The molecule has 114 valence electrons. The van der Waals surface area contributed by atoms with Crippen molar-refractivity contribution < 1.29 is 14.2 Å². The largest absolute Gasteiger partial charge is 0.491 e. The van der Waals surface area contributed by atoms with Crippen molar-refractivity contribution in [2.45, 2.75) is 19.0 Å². The molecule has 0 saturated carbocycles. The third-order valence-corrected chi connectivity index (χ3v) is 4.09. The molecule has 4 nitrogen and oxygen atoms in total. The number of ether oxygens (including phenoxy) is 3. The van der Waals surface area contributed by atoms with E-state index in [0.717, 1.165) is 35.8 Å². The van der Waals surface area contributed by atoms with Gasteiger partial charge in [0.05, 0.1) is 19.3 Å². The Hall–Kier alpha value is -2.20. The number of hydrogen-bond donors (Lipinski definition) is 1. The van der Waals surface area contributed by atoms with E-state index in [0.29, 0.717) is 19.8 Å². The summed E-state index contributed by atoms with van der Waals surface area (Å²) in [5.74, 6) is 2.63. The van der Waals surface area contributed by atoms with Gasteiger partial charge in [-0.15, -0.1) is 0 Å². The maximum Gasteiger partial charge on any atom is 0.161 e. The predicted octanol–water partition coefficient (Wildman–Crippen LogP) is 3.07. The standard InChI is InChI=1S/C18H19NO3/c1-2-5-16-14(4-1)11-19-15(12-22-16)13-6-7-17-18(10-13)21-9-3-8-20-17/h1-2,4-7,10,15,19H,3,8-9,11-12H2. The van der Waals surface area contributed by atoms with Crippen LogP contribution in [0.4, 0.5) is 0 Å². The van der Waals surface area contributed by atoms with E-state index in [1.807, 2.05) is 24.3 Å². The highest BCUT2D eigenvalue weighted by Crippen LogP contribution is 2.33. The van der Waals surface area contributed by atoms with E-state index >= 15 is 0 Å². The highest BCUT2D eigenvalue weighted by atomic mass is 16.5. The first-order chi connectivity index (χ1) is 10.9. The van der Waals surface area contributed by atoms with Gasteiger partial charge in [0, 0.05) is 18.5 Å². The van der Waals surface area contributed by atoms with E-state index in [1.165, 1.54) is 5.56 Å². The molecule has 0 aromatic heterocycles. The van der Waals surface area contributed by atoms with Gasteiger partial charge in [0.15, 0.2) is 11.5 Å². The van der Waals surface area contributed by atoms with Gasteiger partial charge in [0.2, 0.25) is 0 Å². The van der Waals surface area contributed by atoms with Gasteiger partial charge in [-0.25, -0.2) is 0 Å². The Kier molecular flexibility index (Phi) is 3.60. The van der Waals surface area contributed by atoms with Crippen molar-refractivity contribution in [2.75, 3.05) is 19.8 Å². The van der Waals surface area contributed by atoms with Gasteiger partial charge < -0.3 is 19.5 Å². The number of rotatable bonds is 1. The molecule has 2 aromatic rings. The first-order valence-electron chi connectivity index (χ1n) is 7.74. The summed E-state index contributed by atoms with van der Waals surface area (Å²) in [6.45, 7) is 2.83. The summed E-state index contributed by atoms with van der Waals surface area (Å²) in [5.41, 5.74) is 2.36. The minimum absolute atomic E-state index is 0.143. The second-order valence-corrected chi connectivity index (χ2v) is 5.61. The van der Waals surface area contributed by atoms with E-state index < -0.39 is 0 Å². The lowest BCUT2D eigenvalue weighted by atomic mass is 10.1. The molecule has 22 heavy (non-hydrogen) atoms. The molecule has 2 aromatic carbocycles. The number of fused-ring (bicyclic) bond motifs is 2. The lowest BCUT2D eigenvalue weighted by Gasteiger charge is -2.17. The average Bonchev–Trinajstić information content (AvgIpc) is 2.92. The van der Waals surface area contributed by atoms with Crippen molar-refractivity contribution in [1.29, 1.82) is 0 Å². The summed E-state index contributed by atoms with van der Waals surface area (Å²) >= 11 is 0. The molecule has 2 heterocycles. The topological polar surface area (TPSA) is 39.7 Å². The van der Waals surface area contributed by atoms with Gasteiger partial charge in [-0.3, -0.25) is 0 Å². The van der Waals surface area contributed by atoms with Crippen molar-refractivity contribution in [3.63, 3.8) is 0 Å². The second kappa shape index (κ2) is 5.89. The fraction of sp³-hybridized carbons (Fsp3) is 0.333. The third-order valence-electron chi connectivity index (χ3n) is 4.09. The van der Waals surface area contributed by atoms with Crippen LogP contribution in [0.3, 0.4) is 0 Å². The molecule has 0 bridgehead atoms. The summed E-state index contributed by atoms with van der Waals surface area (Å²) < 4.78 is 17.4. The van der Waals surface area contributed by atoms with Gasteiger partial charge >= 0.3 is 0 Å². The average molecular weight is 297 g/mol. The molecule has 0 radical (unpaired) electrons. The monoisotopic (exact) mass is 297 g/mol. The van der Waals surface area contributed by atoms with Crippen LogP contribution in [0, 0.1) is 0 Å². The molecular weight excluding hydrogens is 278 g/mol. The first kappa shape index (κ1) is 13.5. The Morgan fingerprint density at radius 3 is 2.68 bits per heavy atom. The van der Waals surface area contributed by atoms with E-state index in [-0.39, 0.29) is 6.04 Å². The summed E-state index contributed by atoms with van der Waals surface area (Å²) in [6.07, 6.45) is 0.921. The zero-order valence-electron chi connectivity index (χ0n) is 12.4. The summed E-state index contributed by atoms with van der Waals surface area (Å²) in [6, 6.07) is 14.5. The number of para-hydroxylation sites is 1. The van der Waals surface area contributed by atoms with Crippen LogP contribution in [0.1, 0.15) is 23.6 Å². The van der Waals surface area contributed by atoms with Crippen molar-refractivity contribution in [3.8, 4) is 17.2 Å². The molecule has 0 fully saturated rings. The highest BCUT2D eigenvalue weighted by Gasteiger charge is 2.20. The fourth-order valence-electron chi connectivity index (χ4n) is 2.87. The minimum atomic E-state index is 0.143. The predicted molar refractivity (Wildman–Crippen MR) is 83.6 cm³/mol. The van der Waals surface area contributed by atoms with Crippen LogP contribution >= 0.6 is 0 Å². The Balaban J connectivity index is 1.57. The normalized spacial score (nSPS) is 20.3. The van der Waals surface area contributed by atoms with E-state index in [4.69, 9.17) is 14.2 Å². The van der Waals surface area contributed by atoms with Crippen molar-refractivity contribution in [2.24, 2.45) is 0 Å². The van der Waals surface area contributed by atoms with Crippen LogP contribution in [0.25, 0.3) is 0 Å². The zero-order chi connectivity index (χ0) is 14.8. The minimum Gasteiger partial charge on any atom is -0.491 e. The fourth-order valence-corrected chi connectivity index (χ4v) is 2.87. The molecule has 1 N–H and O–H groups in total. The van der Waals surface area contributed by atoms with Crippen molar-refractivity contribution >= 4 is 0 Å². The molecule has 0 aliphatic carbocycles. The Labute approximate surface area is 130 Å². The van der Waals surface area contributed by atoms with Crippen LogP contribution in [-0.2, 0) is 6.54 Å². The van der Waals surface area contributed by atoms with Crippen molar-refractivity contribution in [1.82, 2.24) is 5.32 Å². The van der Waals surface area contributed by atoms with E-state index in [2.05, 4.69) is 23.5 Å². The van der Waals surface area contributed by atoms with Gasteiger partial charge in [-0.2, -0.15) is 0 Å². The molecule has 0 saturated heterocycles. The molecule has 1 unspecified atom stereocenters. The molecule has 4 rings (SSSR count).